The van der Waals surface area contributed by atoms with Gasteiger partial charge in [0.25, 0.3) is 0 Å². The van der Waals surface area contributed by atoms with Crippen LogP contribution in [0, 0.1) is 6.92 Å². The van der Waals surface area contributed by atoms with E-state index in [0.717, 1.165) is 5.69 Å². The molecule has 27 heavy (non-hydrogen) atoms. The maximum absolute atomic E-state index is 4.84. The van der Waals surface area contributed by atoms with Crippen molar-refractivity contribution in [3.8, 4) is 33.5 Å². The number of benzene rings is 3. The lowest BCUT2D eigenvalue weighted by Gasteiger charge is -2.22. The number of hydrogen-bond acceptors (Lipinski definition) is 1. The van der Waals surface area contributed by atoms with E-state index in [1.807, 2.05) is 6.20 Å². The Morgan fingerprint density at radius 2 is 1.44 bits per heavy atom. The minimum Gasteiger partial charge on any atom is -0.256 e. The molecule has 0 aliphatic heterocycles. The van der Waals surface area contributed by atoms with E-state index in [9.17, 15) is 0 Å². The molecular formula is C26H23N. The van der Waals surface area contributed by atoms with Gasteiger partial charge in [-0.25, -0.2) is 0 Å². The van der Waals surface area contributed by atoms with Crippen LogP contribution in [0.1, 0.15) is 31.9 Å². The highest BCUT2D eigenvalue weighted by molar-refractivity contribution is 6.12. The van der Waals surface area contributed by atoms with Gasteiger partial charge in [0.15, 0.2) is 0 Å². The van der Waals surface area contributed by atoms with Gasteiger partial charge in [-0.15, -0.1) is 0 Å². The van der Waals surface area contributed by atoms with E-state index in [2.05, 4.69) is 88.4 Å². The molecule has 0 bridgehead atoms. The Morgan fingerprint density at radius 1 is 0.704 bits per heavy atom. The summed E-state index contributed by atoms with van der Waals surface area (Å²) in [5.74, 6) is 0. The van der Waals surface area contributed by atoms with Crippen molar-refractivity contribution >= 4 is 10.8 Å². The molecule has 5 rings (SSSR count). The summed E-state index contributed by atoms with van der Waals surface area (Å²) < 4.78 is 0. The Balaban J connectivity index is 2.03. The summed E-state index contributed by atoms with van der Waals surface area (Å²) in [5, 5.41) is 2.53. The van der Waals surface area contributed by atoms with Crippen LogP contribution in [0.4, 0.5) is 0 Å². The molecule has 0 N–H and O–H groups in total. The molecule has 0 saturated carbocycles. The lowest BCUT2D eigenvalue weighted by molar-refractivity contribution is 0.591. The predicted octanol–water partition coefficient (Wildman–Crippen LogP) is 7.16. The predicted molar refractivity (Wildman–Crippen MR) is 115 cm³/mol. The molecule has 0 saturated heterocycles. The van der Waals surface area contributed by atoms with Gasteiger partial charge < -0.3 is 0 Å². The highest BCUT2D eigenvalue weighted by Gasteiger charge is 2.24. The zero-order valence-corrected chi connectivity index (χ0v) is 16.3. The van der Waals surface area contributed by atoms with Crippen LogP contribution < -0.4 is 0 Å². The lowest BCUT2D eigenvalue weighted by atomic mass is 9.82. The molecule has 0 unspecified atom stereocenters. The summed E-state index contributed by atoms with van der Waals surface area (Å²) in [6.07, 6.45) is 1.95. The van der Waals surface area contributed by atoms with Gasteiger partial charge in [0, 0.05) is 17.1 Å². The van der Waals surface area contributed by atoms with Gasteiger partial charge in [-0.05, 0) is 57.7 Å². The number of pyridine rings is 1. The first-order valence-electron chi connectivity index (χ1n) is 9.57. The maximum Gasteiger partial charge on any atom is 0.0792 e. The Labute approximate surface area is 160 Å². The molecule has 4 aromatic rings. The van der Waals surface area contributed by atoms with Crippen molar-refractivity contribution in [1.29, 1.82) is 0 Å². The highest BCUT2D eigenvalue weighted by atomic mass is 14.7. The Morgan fingerprint density at radius 3 is 2.22 bits per heavy atom. The van der Waals surface area contributed by atoms with Crippen LogP contribution >= 0.6 is 0 Å². The molecule has 3 aromatic carbocycles. The molecule has 1 heteroatoms. The molecule has 132 valence electrons. The first kappa shape index (κ1) is 16.3. The molecule has 1 heterocycles. The second kappa shape index (κ2) is 5.53. The van der Waals surface area contributed by atoms with Crippen LogP contribution in [0.3, 0.4) is 0 Å². The van der Waals surface area contributed by atoms with Gasteiger partial charge in [-0.1, -0.05) is 74.9 Å². The molecule has 0 spiro atoms. The standard InChI is InChI=1S/C26H23N/c1-16-9-10-20-22(13-16)19-7-5-6-8-21(19)25-24-17(11-12-27-25)14-18(15-23(20)24)26(2,3)4/h5-15H,1-4H3. The molecule has 1 nitrogen and oxygen atoms in total. The molecule has 0 amide bonds. The zero-order chi connectivity index (χ0) is 18.8. The molecule has 1 aliphatic carbocycles. The van der Waals surface area contributed by atoms with Gasteiger partial charge >= 0.3 is 0 Å². The van der Waals surface area contributed by atoms with Crippen LogP contribution in [-0.4, -0.2) is 4.98 Å². The highest BCUT2D eigenvalue weighted by Crippen LogP contribution is 2.47. The molecule has 0 atom stereocenters. The monoisotopic (exact) mass is 349 g/mol. The molecule has 0 radical (unpaired) electrons. The SMILES string of the molecule is Cc1ccc2c(c1)-c1ccccc1-c1nccc3cc(C(C)(C)C)cc-2c13. The first-order chi connectivity index (χ1) is 12.9. The summed E-state index contributed by atoms with van der Waals surface area (Å²) in [7, 11) is 0. The fourth-order valence-electron chi connectivity index (χ4n) is 4.21. The van der Waals surface area contributed by atoms with Crippen molar-refractivity contribution in [3.63, 3.8) is 0 Å². The normalized spacial score (nSPS) is 12.4. The second-order valence-corrected chi connectivity index (χ2v) is 8.63. The van der Waals surface area contributed by atoms with Crippen LogP contribution in [-0.2, 0) is 5.41 Å². The van der Waals surface area contributed by atoms with Crippen molar-refractivity contribution in [2.45, 2.75) is 33.1 Å². The van der Waals surface area contributed by atoms with Crippen LogP contribution in [0.2, 0.25) is 0 Å². The summed E-state index contributed by atoms with van der Waals surface area (Å²) in [5.41, 5.74) is 10.2. The average molecular weight is 349 g/mol. The largest absolute Gasteiger partial charge is 0.256 e. The van der Waals surface area contributed by atoms with E-state index in [1.165, 1.54) is 49.7 Å². The number of hydrogen-bond donors (Lipinski definition) is 0. The summed E-state index contributed by atoms with van der Waals surface area (Å²) >= 11 is 0. The zero-order valence-electron chi connectivity index (χ0n) is 16.3. The van der Waals surface area contributed by atoms with Gasteiger partial charge in [-0.2, -0.15) is 0 Å². The summed E-state index contributed by atoms with van der Waals surface area (Å²) in [4.78, 5) is 4.84. The van der Waals surface area contributed by atoms with Crippen LogP contribution in [0.25, 0.3) is 44.3 Å². The van der Waals surface area contributed by atoms with Gasteiger partial charge in [-0.3, -0.25) is 4.98 Å². The van der Waals surface area contributed by atoms with Crippen molar-refractivity contribution in [2.24, 2.45) is 0 Å². The van der Waals surface area contributed by atoms with E-state index in [1.54, 1.807) is 0 Å². The fourth-order valence-corrected chi connectivity index (χ4v) is 4.21. The Bertz CT molecular complexity index is 1210. The lowest BCUT2D eigenvalue weighted by Crippen LogP contribution is -2.11. The number of rotatable bonds is 0. The molecule has 0 fully saturated rings. The average Bonchev–Trinajstić information content (AvgIpc) is 2.76. The number of aromatic nitrogens is 1. The van der Waals surface area contributed by atoms with Crippen molar-refractivity contribution in [2.75, 3.05) is 0 Å². The van der Waals surface area contributed by atoms with E-state index in [-0.39, 0.29) is 5.41 Å². The minimum atomic E-state index is 0.0954. The van der Waals surface area contributed by atoms with E-state index < -0.39 is 0 Å². The van der Waals surface area contributed by atoms with Crippen LogP contribution in [0.15, 0.2) is 66.9 Å². The van der Waals surface area contributed by atoms with E-state index >= 15 is 0 Å². The number of nitrogens with zero attached hydrogens (tertiary/aromatic N) is 1. The van der Waals surface area contributed by atoms with Crippen molar-refractivity contribution in [1.82, 2.24) is 4.98 Å². The minimum absolute atomic E-state index is 0.0954. The third kappa shape index (κ3) is 2.42. The Kier molecular flexibility index (Phi) is 3.33. The second-order valence-electron chi connectivity index (χ2n) is 8.63. The maximum atomic E-state index is 4.84. The molecular weight excluding hydrogens is 326 g/mol. The number of fused-ring (bicyclic) bond motifs is 5. The molecule has 1 aromatic heterocycles. The third-order valence-corrected chi connectivity index (χ3v) is 5.67. The van der Waals surface area contributed by atoms with Gasteiger partial charge in [0.1, 0.15) is 0 Å². The quantitative estimate of drug-likeness (QED) is 0.289. The van der Waals surface area contributed by atoms with E-state index in [4.69, 9.17) is 4.98 Å². The first-order valence-corrected chi connectivity index (χ1v) is 9.57. The van der Waals surface area contributed by atoms with Gasteiger partial charge in [0.2, 0.25) is 0 Å². The van der Waals surface area contributed by atoms with Gasteiger partial charge in [0.05, 0.1) is 5.69 Å². The topological polar surface area (TPSA) is 12.9 Å². The third-order valence-electron chi connectivity index (χ3n) is 5.67. The number of aryl methyl sites for hydroxylation is 1. The smallest absolute Gasteiger partial charge is 0.0792 e. The summed E-state index contributed by atoms with van der Waals surface area (Å²) in [6.45, 7) is 9.01. The summed E-state index contributed by atoms with van der Waals surface area (Å²) in [6, 6.07) is 22.4. The van der Waals surface area contributed by atoms with Crippen molar-refractivity contribution in [3.05, 3.63) is 78.0 Å². The van der Waals surface area contributed by atoms with Crippen molar-refractivity contribution < 1.29 is 0 Å². The molecule has 1 aliphatic rings. The van der Waals surface area contributed by atoms with E-state index in [0.29, 0.717) is 0 Å². The Hall–Kier alpha value is -2.93. The van der Waals surface area contributed by atoms with Crippen LogP contribution in [0.5, 0.6) is 0 Å². The fraction of sp³-hybridized carbons (Fsp3) is 0.192.